The predicted molar refractivity (Wildman–Crippen MR) is 103 cm³/mol. The van der Waals surface area contributed by atoms with Gasteiger partial charge in [-0.05, 0) is 19.4 Å². The molecule has 0 aliphatic carbocycles. The Bertz CT molecular complexity index is 945. The van der Waals surface area contributed by atoms with Crippen molar-refractivity contribution in [1.29, 1.82) is 0 Å². The SMILES string of the molecule is COCCN1C(=O)C2C(CC(N)=O)NC3(C(=O)Nc4c(C)cc(C)cc43)C2C1=O. The summed E-state index contributed by atoms with van der Waals surface area (Å²) in [4.78, 5) is 52.5. The van der Waals surface area contributed by atoms with E-state index in [1.54, 1.807) is 0 Å². The predicted octanol–water partition coefficient (Wildman–Crippen LogP) is -0.454. The first kappa shape index (κ1) is 19.5. The van der Waals surface area contributed by atoms with Gasteiger partial charge >= 0.3 is 0 Å². The van der Waals surface area contributed by atoms with E-state index >= 15 is 0 Å². The summed E-state index contributed by atoms with van der Waals surface area (Å²) in [5.41, 5.74) is 7.07. The molecule has 0 aromatic heterocycles. The molecule has 2 fully saturated rings. The first-order chi connectivity index (χ1) is 13.7. The van der Waals surface area contributed by atoms with Gasteiger partial charge in [0.25, 0.3) is 0 Å². The van der Waals surface area contributed by atoms with Crippen LogP contribution in [0.4, 0.5) is 5.69 Å². The van der Waals surface area contributed by atoms with E-state index in [9.17, 15) is 19.2 Å². The zero-order valence-electron chi connectivity index (χ0n) is 16.6. The minimum Gasteiger partial charge on any atom is -0.383 e. The lowest BCUT2D eigenvalue weighted by molar-refractivity contribution is -0.143. The summed E-state index contributed by atoms with van der Waals surface area (Å²) >= 11 is 0. The number of rotatable bonds is 5. The van der Waals surface area contributed by atoms with Crippen molar-refractivity contribution in [3.8, 4) is 0 Å². The smallest absolute Gasteiger partial charge is 0.250 e. The molecule has 154 valence electrons. The van der Waals surface area contributed by atoms with Crippen molar-refractivity contribution in [2.45, 2.75) is 31.8 Å². The third-order valence-corrected chi connectivity index (χ3v) is 6.20. The van der Waals surface area contributed by atoms with E-state index < -0.39 is 47.0 Å². The monoisotopic (exact) mass is 400 g/mol. The Morgan fingerprint density at radius 3 is 2.62 bits per heavy atom. The van der Waals surface area contributed by atoms with Crippen molar-refractivity contribution < 1.29 is 23.9 Å². The summed E-state index contributed by atoms with van der Waals surface area (Å²) in [5, 5.41) is 6.07. The minimum atomic E-state index is -1.41. The van der Waals surface area contributed by atoms with E-state index in [4.69, 9.17) is 10.5 Å². The fourth-order valence-electron chi connectivity index (χ4n) is 5.11. The van der Waals surface area contributed by atoms with E-state index in [-0.39, 0.29) is 19.6 Å². The van der Waals surface area contributed by atoms with E-state index in [1.807, 2.05) is 26.0 Å². The van der Waals surface area contributed by atoms with Crippen LogP contribution in [-0.4, -0.2) is 54.8 Å². The molecule has 4 unspecified atom stereocenters. The molecule has 1 spiro atoms. The van der Waals surface area contributed by atoms with Crippen LogP contribution in [0.3, 0.4) is 0 Å². The highest BCUT2D eigenvalue weighted by Crippen LogP contribution is 2.54. The Hall–Kier alpha value is -2.78. The molecule has 4 atom stereocenters. The summed E-state index contributed by atoms with van der Waals surface area (Å²) < 4.78 is 5.02. The molecule has 4 N–H and O–H groups in total. The standard InChI is InChI=1S/C20H24N4O5/c1-9-6-10(2)16-11(7-9)20(19(28)22-16)15-14(12(23-20)8-13(21)25)17(26)24(18(15)27)4-5-29-3/h6-7,12,14-15,23H,4-5,8H2,1-3H3,(H2,21,25)(H,22,28). The van der Waals surface area contributed by atoms with Gasteiger partial charge in [-0.3, -0.25) is 29.4 Å². The van der Waals surface area contributed by atoms with Crippen molar-refractivity contribution in [2.75, 3.05) is 25.6 Å². The molecule has 0 radical (unpaired) electrons. The van der Waals surface area contributed by atoms with E-state index in [2.05, 4.69) is 10.6 Å². The average Bonchev–Trinajstić information content (AvgIpc) is 3.20. The summed E-state index contributed by atoms with van der Waals surface area (Å²) in [6.07, 6.45) is -0.145. The number of primary amides is 1. The fraction of sp³-hybridized carbons (Fsp3) is 0.500. The van der Waals surface area contributed by atoms with Gasteiger partial charge < -0.3 is 15.8 Å². The van der Waals surface area contributed by atoms with Gasteiger partial charge in [0, 0.05) is 30.8 Å². The van der Waals surface area contributed by atoms with E-state index in [0.29, 0.717) is 11.3 Å². The van der Waals surface area contributed by atoms with Crippen LogP contribution in [0.25, 0.3) is 0 Å². The average molecular weight is 400 g/mol. The fourth-order valence-corrected chi connectivity index (χ4v) is 5.11. The highest BCUT2D eigenvalue weighted by atomic mass is 16.5. The Morgan fingerprint density at radius 1 is 1.24 bits per heavy atom. The van der Waals surface area contributed by atoms with Gasteiger partial charge in [-0.1, -0.05) is 17.7 Å². The molecular weight excluding hydrogens is 376 g/mol. The van der Waals surface area contributed by atoms with E-state index in [0.717, 1.165) is 16.0 Å². The zero-order chi connectivity index (χ0) is 21.1. The number of nitrogens with two attached hydrogens (primary N) is 1. The molecule has 2 saturated heterocycles. The van der Waals surface area contributed by atoms with Crippen molar-refractivity contribution in [1.82, 2.24) is 10.2 Å². The molecule has 4 rings (SSSR count). The molecule has 1 aromatic rings. The molecule has 1 aromatic carbocycles. The van der Waals surface area contributed by atoms with Crippen LogP contribution < -0.4 is 16.4 Å². The van der Waals surface area contributed by atoms with Crippen LogP contribution >= 0.6 is 0 Å². The van der Waals surface area contributed by atoms with Crippen LogP contribution in [0.2, 0.25) is 0 Å². The normalized spacial score (nSPS) is 30.1. The number of anilines is 1. The van der Waals surface area contributed by atoms with Gasteiger partial charge in [0.2, 0.25) is 23.6 Å². The second-order valence-corrected chi connectivity index (χ2v) is 8.01. The summed E-state index contributed by atoms with van der Waals surface area (Å²) in [7, 11) is 1.48. The maximum Gasteiger partial charge on any atom is 0.250 e. The number of ether oxygens (including phenoxy) is 1. The van der Waals surface area contributed by atoms with Gasteiger partial charge in [-0.25, -0.2) is 0 Å². The van der Waals surface area contributed by atoms with Crippen molar-refractivity contribution in [3.63, 3.8) is 0 Å². The molecule has 3 aliphatic rings. The quantitative estimate of drug-likeness (QED) is 0.574. The van der Waals surface area contributed by atoms with Crippen LogP contribution in [-0.2, 0) is 29.5 Å². The first-order valence-corrected chi connectivity index (χ1v) is 9.55. The molecule has 3 aliphatic heterocycles. The number of aryl methyl sites for hydroxylation is 2. The topological polar surface area (TPSA) is 131 Å². The molecular formula is C20H24N4O5. The third-order valence-electron chi connectivity index (χ3n) is 6.20. The molecule has 0 bridgehead atoms. The zero-order valence-corrected chi connectivity index (χ0v) is 16.6. The van der Waals surface area contributed by atoms with Crippen LogP contribution in [0.15, 0.2) is 12.1 Å². The van der Waals surface area contributed by atoms with Crippen LogP contribution in [0.1, 0.15) is 23.1 Å². The number of likely N-dealkylation sites (tertiary alicyclic amines) is 1. The second-order valence-electron chi connectivity index (χ2n) is 8.01. The number of hydrogen-bond donors (Lipinski definition) is 3. The second kappa shape index (κ2) is 6.64. The van der Waals surface area contributed by atoms with Crippen molar-refractivity contribution in [2.24, 2.45) is 17.6 Å². The number of nitrogens with one attached hydrogen (secondary N) is 2. The lowest BCUT2D eigenvalue weighted by atomic mass is 9.76. The molecule has 9 nitrogen and oxygen atoms in total. The molecule has 29 heavy (non-hydrogen) atoms. The summed E-state index contributed by atoms with van der Waals surface area (Å²) in [5.74, 6) is -3.62. The lowest BCUT2D eigenvalue weighted by Gasteiger charge is -2.29. The lowest BCUT2D eigenvalue weighted by Crippen LogP contribution is -2.53. The Kier molecular flexibility index (Phi) is 4.47. The first-order valence-electron chi connectivity index (χ1n) is 9.55. The van der Waals surface area contributed by atoms with Gasteiger partial charge in [0.1, 0.15) is 5.54 Å². The summed E-state index contributed by atoms with van der Waals surface area (Å²) in [6, 6.07) is 3.09. The number of hydrogen-bond acceptors (Lipinski definition) is 6. The maximum absolute atomic E-state index is 13.3. The van der Waals surface area contributed by atoms with Gasteiger partial charge in [-0.2, -0.15) is 0 Å². The van der Waals surface area contributed by atoms with Crippen LogP contribution in [0, 0.1) is 25.7 Å². The highest BCUT2D eigenvalue weighted by molar-refractivity contribution is 6.15. The van der Waals surface area contributed by atoms with Gasteiger partial charge in [-0.15, -0.1) is 0 Å². The molecule has 9 heteroatoms. The number of nitrogens with zero attached hydrogens (tertiary/aromatic N) is 1. The Balaban J connectivity index is 1.87. The number of methoxy groups -OCH3 is 1. The van der Waals surface area contributed by atoms with Gasteiger partial charge in [0.05, 0.1) is 25.0 Å². The molecule has 3 heterocycles. The minimum absolute atomic E-state index is 0.0991. The number of benzene rings is 1. The van der Waals surface area contributed by atoms with Crippen molar-refractivity contribution >= 4 is 29.3 Å². The number of carbonyl (C=O) groups excluding carboxylic acids is 4. The third kappa shape index (κ3) is 2.61. The molecule has 4 amide bonds. The van der Waals surface area contributed by atoms with E-state index in [1.165, 1.54) is 7.11 Å². The number of carbonyl (C=O) groups is 4. The Labute approximate surface area is 167 Å². The van der Waals surface area contributed by atoms with Crippen LogP contribution in [0.5, 0.6) is 0 Å². The molecule has 0 saturated carbocycles. The highest BCUT2D eigenvalue weighted by Gasteiger charge is 2.70. The van der Waals surface area contributed by atoms with Gasteiger partial charge in [0.15, 0.2) is 0 Å². The largest absolute Gasteiger partial charge is 0.383 e. The number of amides is 4. The number of imide groups is 1. The Morgan fingerprint density at radius 2 is 1.97 bits per heavy atom. The number of fused-ring (bicyclic) bond motifs is 4. The maximum atomic E-state index is 13.3. The van der Waals surface area contributed by atoms with Crippen molar-refractivity contribution in [3.05, 3.63) is 28.8 Å². The summed E-state index contributed by atoms with van der Waals surface area (Å²) in [6.45, 7) is 4.08.